The molecule has 6 nitrogen and oxygen atoms in total. The molecule has 0 heterocycles. The van der Waals surface area contributed by atoms with Crippen molar-refractivity contribution >= 4 is 29.2 Å². The van der Waals surface area contributed by atoms with E-state index in [0.717, 1.165) is 0 Å². The fraction of sp³-hybridized carbons (Fsp3) is 0.211. The van der Waals surface area contributed by atoms with Crippen LogP contribution < -0.4 is 10.2 Å². The second-order valence-electron chi connectivity index (χ2n) is 5.52. The van der Waals surface area contributed by atoms with Crippen molar-refractivity contribution in [3.8, 4) is 0 Å². The summed E-state index contributed by atoms with van der Waals surface area (Å²) in [6, 6.07) is 11.9. The summed E-state index contributed by atoms with van der Waals surface area (Å²) in [5.41, 5.74) is 1.29. The predicted molar refractivity (Wildman–Crippen MR) is 95.5 cm³/mol. The predicted octanol–water partition coefficient (Wildman–Crippen LogP) is 2.99. The number of nitrogens with one attached hydrogen (secondary N) is 1. The van der Waals surface area contributed by atoms with Crippen LogP contribution in [0.5, 0.6) is 0 Å². The van der Waals surface area contributed by atoms with Crippen LogP contribution in [0.1, 0.15) is 23.7 Å². The van der Waals surface area contributed by atoms with Crippen LogP contribution in [0.25, 0.3) is 0 Å². The Hall–Kier alpha value is -3.22. The molecule has 0 atom stereocenters. The molecule has 0 bridgehead atoms. The molecule has 2 amide bonds. The summed E-state index contributed by atoms with van der Waals surface area (Å²) in [6.07, 6.45) is 0.0366. The summed E-state index contributed by atoms with van der Waals surface area (Å²) in [7, 11) is 1.29. The number of benzene rings is 2. The van der Waals surface area contributed by atoms with Gasteiger partial charge in [-0.1, -0.05) is 6.07 Å². The number of esters is 1. The van der Waals surface area contributed by atoms with E-state index in [4.69, 9.17) is 0 Å². The first-order valence-corrected chi connectivity index (χ1v) is 7.92. The number of halogens is 1. The number of methoxy groups -OCH3 is 1. The van der Waals surface area contributed by atoms with E-state index in [2.05, 4.69) is 10.1 Å². The topological polar surface area (TPSA) is 75.7 Å². The van der Waals surface area contributed by atoms with Gasteiger partial charge in [0.1, 0.15) is 5.82 Å². The molecule has 0 aliphatic heterocycles. The highest BCUT2D eigenvalue weighted by Gasteiger charge is 2.14. The fourth-order valence-corrected chi connectivity index (χ4v) is 2.36. The lowest BCUT2D eigenvalue weighted by atomic mass is 10.2. The Kier molecular flexibility index (Phi) is 6.43. The number of rotatable bonds is 6. The molecule has 0 radical (unpaired) electrons. The Morgan fingerprint density at radius 3 is 2.38 bits per heavy atom. The largest absolute Gasteiger partial charge is 0.465 e. The van der Waals surface area contributed by atoms with Crippen LogP contribution in [0.15, 0.2) is 48.5 Å². The molecular weight excluding hydrogens is 339 g/mol. The standard InChI is InChI=1S/C19H19FN2O4/c1-13(23)22(17-5-3-4-15(20)12-17)11-10-18(24)21-16-8-6-14(7-9-16)19(25)26-2/h3-9,12H,10-11H2,1-2H3,(H,21,24). The third-order valence-electron chi connectivity index (χ3n) is 3.65. The Morgan fingerprint density at radius 2 is 1.81 bits per heavy atom. The zero-order valence-corrected chi connectivity index (χ0v) is 14.5. The van der Waals surface area contributed by atoms with E-state index in [1.54, 1.807) is 18.2 Å². The van der Waals surface area contributed by atoms with Gasteiger partial charge in [0.15, 0.2) is 0 Å². The lowest BCUT2D eigenvalue weighted by Gasteiger charge is -2.21. The van der Waals surface area contributed by atoms with Crippen LogP contribution in [-0.2, 0) is 14.3 Å². The van der Waals surface area contributed by atoms with Crippen LogP contribution in [0.2, 0.25) is 0 Å². The first kappa shape index (κ1) is 19.1. The van der Waals surface area contributed by atoms with Crippen LogP contribution in [0, 0.1) is 5.82 Å². The van der Waals surface area contributed by atoms with Crippen molar-refractivity contribution in [2.24, 2.45) is 0 Å². The monoisotopic (exact) mass is 358 g/mol. The zero-order valence-electron chi connectivity index (χ0n) is 14.5. The second kappa shape index (κ2) is 8.75. The number of amides is 2. The summed E-state index contributed by atoms with van der Waals surface area (Å²) in [5, 5.41) is 2.68. The van der Waals surface area contributed by atoms with Gasteiger partial charge >= 0.3 is 5.97 Å². The molecule has 0 fully saturated rings. The molecule has 0 spiro atoms. The normalized spacial score (nSPS) is 10.1. The number of ether oxygens (including phenoxy) is 1. The second-order valence-corrected chi connectivity index (χ2v) is 5.52. The zero-order chi connectivity index (χ0) is 19.1. The minimum absolute atomic E-state index is 0.0366. The highest BCUT2D eigenvalue weighted by molar-refractivity contribution is 5.95. The molecular formula is C19H19FN2O4. The molecule has 0 unspecified atom stereocenters. The minimum Gasteiger partial charge on any atom is -0.465 e. The third kappa shape index (κ3) is 5.14. The lowest BCUT2D eigenvalue weighted by molar-refractivity contribution is -0.117. The van der Waals surface area contributed by atoms with Gasteiger partial charge in [0.2, 0.25) is 11.8 Å². The smallest absolute Gasteiger partial charge is 0.337 e. The van der Waals surface area contributed by atoms with Gasteiger partial charge in [-0.15, -0.1) is 0 Å². The van der Waals surface area contributed by atoms with Gasteiger partial charge in [-0.05, 0) is 42.5 Å². The third-order valence-corrected chi connectivity index (χ3v) is 3.65. The average molecular weight is 358 g/mol. The van der Waals surface area contributed by atoms with E-state index in [-0.39, 0.29) is 24.8 Å². The van der Waals surface area contributed by atoms with Crippen molar-refractivity contribution in [2.75, 3.05) is 23.9 Å². The molecule has 1 N–H and O–H groups in total. The number of anilines is 2. The van der Waals surface area contributed by atoms with Gasteiger partial charge in [-0.25, -0.2) is 9.18 Å². The van der Waals surface area contributed by atoms with Gasteiger partial charge in [-0.2, -0.15) is 0 Å². The van der Waals surface area contributed by atoms with Crippen molar-refractivity contribution in [1.29, 1.82) is 0 Å². The van der Waals surface area contributed by atoms with E-state index < -0.39 is 11.8 Å². The van der Waals surface area contributed by atoms with Crippen molar-refractivity contribution < 1.29 is 23.5 Å². The maximum atomic E-state index is 13.3. The summed E-state index contributed by atoms with van der Waals surface area (Å²) in [5.74, 6) is -1.51. The van der Waals surface area contributed by atoms with Gasteiger partial charge in [0.25, 0.3) is 0 Å². The summed E-state index contributed by atoms with van der Waals surface area (Å²) in [4.78, 5) is 36.6. The molecule has 2 aromatic rings. The van der Waals surface area contributed by atoms with Gasteiger partial charge in [-0.3, -0.25) is 9.59 Å². The molecule has 0 aliphatic rings. The molecule has 0 saturated heterocycles. The Balaban J connectivity index is 1.96. The Labute approximate surface area is 150 Å². The number of carbonyl (C=O) groups excluding carboxylic acids is 3. The van der Waals surface area contributed by atoms with E-state index in [1.165, 1.54) is 49.3 Å². The first-order chi connectivity index (χ1) is 12.4. The Morgan fingerprint density at radius 1 is 1.12 bits per heavy atom. The number of nitrogens with zero attached hydrogens (tertiary/aromatic N) is 1. The Bertz CT molecular complexity index is 805. The molecule has 0 aliphatic carbocycles. The number of hydrogen-bond acceptors (Lipinski definition) is 4. The summed E-state index contributed by atoms with van der Waals surface area (Å²) in [6.45, 7) is 1.47. The van der Waals surface area contributed by atoms with Crippen molar-refractivity contribution in [3.63, 3.8) is 0 Å². The first-order valence-electron chi connectivity index (χ1n) is 7.92. The van der Waals surface area contributed by atoms with Gasteiger partial charge in [0, 0.05) is 31.3 Å². The molecule has 2 rings (SSSR count). The molecule has 136 valence electrons. The van der Waals surface area contributed by atoms with E-state index >= 15 is 0 Å². The van der Waals surface area contributed by atoms with Gasteiger partial charge in [0.05, 0.1) is 12.7 Å². The van der Waals surface area contributed by atoms with Crippen LogP contribution in [-0.4, -0.2) is 31.4 Å². The van der Waals surface area contributed by atoms with E-state index in [1.807, 2.05) is 0 Å². The maximum Gasteiger partial charge on any atom is 0.337 e. The van der Waals surface area contributed by atoms with Crippen LogP contribution in [0.3, 0.4) is 0 Å². The molecule has 2 aromatic carbocycles. The average Bonchev–Trinajstić information content (AvgIpc) is 2.61. The van der Waals surface area contributed by atoms with Crippen LogP contribution in [0.4, 0.5) is 15.8 Å². The van der Waals surface area contributed by atoms with Crippen molar-refractivity contribution in [1.82, 2.24) is 0 Å². The highest BCUT2D eigenvalue weighted by atomic mass is 19.1. The molecule has 7 heteroatoms. The lowest BCUT2D eigenvalue weighted by Crippen LogP contribution is -2.32. The maximum absolute atomic E-state index is 13.3. The van der Waals surface area contributed by atoms with Crippen LogP contribution >= 0.6 is 0 Å². The number of carbonyl (C=O) groups is 3. The SMILES string of the molecule is COC(=O)c1ccc(NC(=O)CCN(C(C)=O)c2cccc(F)c2)cc1. The quantitative estimate of drug-likeness (QED) is 0.806. The van der Waals surface area contributed by atoms with E-state index in [0.29, 0.717) is 16.9 Å². The molecule has 0 aromatic heterocycles. The summed E-state index contributed by atoms with van der Waals surface area (Å²) >= 11 is 0. The molecule has 0 saturated carbocycles. The fourth-order valence-electron chi connectivity index (χ4n) is 2.36. The highest BCUT2D eigenvalue weighted by Crippen LogP contribution is 2.17. The number of hydrogen-bond donors (Lipinski definition) is 1. The summed E-state index contributed by atoms with van der Waals surface area (Å²) < 4.78 is 17.9. The van der Waals surface area contributed by atoms with Crippen molar-refractivity contribution in [3.05, 3.63) is 59.9 Å². The van der Waals surface area contributed by atoms with E-state index in [9.17, 15) is 18.8 Å². The minimum atomic E-state index is -0.463. The van der Waals surface area contributed by atoms with Crippen molar-refractivity contribution in [2.45, 2.75) is 13.3 Å². The van der Waals surface area contributed by atoms with Gasteiger partial charge < -0.3 is 15.0 Å². The molecule has 26 heavy (non-hydrogen) atoms.